The van der Waals surface area contributed by atoms with E-state index in [4.69, 9.17) is 11.6 Å². The van der Waals surface area contributed by atoms with Crippen LogP contribution in [0.2, 0.25) is 5.02 Å². The first-order valence-corrected chi connectivity index (χ1v) is 9.04. The van der Waals surface area contributed by atoms with Gasteiger partial charge in [-0.2, -0.15) is 0 Å². The third-order valence-corrected chi connectivity index (χ3v) is 4.55. The minimum Gasteiger partial charge on any atom is -0.333 e. The number of hydrogen-bond donors (Lipinski definition) is 2. The van der Waals surface area contributed by atoms with E-state index >= 15 is 0 Å². The van der Waals surface area contributed by atoms with E-state index in [1.807, 2.05) is 84.2 Å². The predicted molar refractivity (Wildman–Crippen MR) is 107 cm³/mol. The number of para-hydroxylation sites is 1. The fraction of sp³-hybridized carbons (Fsp3) is 0.136. The van der Waals surface area contributed by atoms with Gasteiger partial charge >= 0.3 is 0 Å². The summed E-state index contributed by atoms with van der Waals surface area (Å²) in [6.45, 7) is 2.41. The van der Waals surface area contributed by atoms with E-state index in [2.05, 4.69) is 12.2 Å². The van der Waals surface area contributed by atoms with Gasteiger partial charge in [0.1, 0.15) is 6.04 Å². The molecule has 26 heavy (non-hydrogen) atoms. The first-order valence-electron chi connectivity index (χ1n) is 8.66. The molecule has 3 aromatic carbocycles. The fourth-order valence-electron chi connectivity index (χ4n) is 2.87. The molecule has 0 aliphatic carbocycles. The van der Waals surface area contributed by atoms with Crippen LogP contribution in [0.1, 0.15) is 18.5 Å². The van der Waals surface area contributed by atoms with E-state index in [1.165, 1.54) is 0 Å². The maximum Gasteiger partial charge on any atom is 0.279 e. The standard InChI is InChI=1S/C22H21ClN2O/c1-16(18-10-7-11-19(23)14-18)24-15-22(26)25-21-13-6-5-12-20(21)17-8-3-2-4-9-17/h2-14,16,24H,15H2,1H3,(H,25,26)/p+1/t16-/m1/s1. The molecule has 132 valence electrons. The van der Waals surface area contributed by atoms with Crippen LogP contribution in [0.4, 0.5) is 5.69 Å². The molecule has 0 aliphatic heterocycles. The minimum atomic E-state index is -0.0257. The molecule has 1 amide bonds. The number of carbonyl (C=O) groups is 1. The number of amides is 1. The molecule has 0 unspecified atom stereocenters. The Hall–Kier alpha value is -2.62. The second-order valence-corrected chi connectivity index (χ2v) is 6.68. The molecule has 0 bridgehead atoms. The Morgan fingerprint density at radius 2 is 1.73 bits per heavy atom. The summed E-state index contributed by atoms with van der Waals surface area (Å²) in [4.78, 5) is 12.4. The molecule has 3 N–H and O–H groups in total. The monoisotopic (exact) mass is 365 g/mol. The van der Waals surface area contributed by atoms with Gasteiger partial charge in [-0.05, 0) is 30.7 Å². The number of nitrogens with two attached hydrogens (primary N) is 1. The summed E-state index contributed by atoms with van der Waals surface area (Å²) in [5.74, 6) is -0.0257. The Balaban J connectivity index is 1.64. The highest BCUT2D eigenvalue weighted by atomic mass is 35.5. The third-order valence-electron chi connectivity index (χ3n) is 4.32. The lowest BCUT2D eigenvalue weighted by Gasteiger charge is -2.13. The maximum atomic E-state index is 12.4. The van der Waals surface area contributed by atoms with Gasteiger partial charge in [0, 0.05) is 21.8 Å². The molecule has 0 aliphatic rings. The number of nitrogens with one attached hydrogen (secondary N) is 1. The average molecular weight is 366 g/mol. The molecule has 0 saturated heterocycles. The van der Waals surface area contributed by atoms with Crippen LogP contribution in [-0.4, -0.2) is 12.5 Å². The van der Waals surface area contributed by atoms with Crippen molar-refractivity contribution in [2.75, 3.05) is 11.9 Å². The van der Waals surface area contributed by atoms with Crippen LogP contribution in [-0.2, 0) is 4.79 Å². The van der Waals surface area contributed by atoms with Crippen LogP contribution in [0.5, 0.6) is 0 Å². The number of benzene rings is 3. The Morgan fingerprint density at radius 3 is 2.50 bits per heavy atom. The van der Waals surface area contributed by atoms with Crippen molar-refractivity contribution in [3.63, 3.8) is 0 Å². The average Bonchev–Trinajstić information content (AvgIpc) is 2.67. The minimum absolute atomic E-state index is 0.0257. The highest BCUT2D eigenvalue weighted by Gasteiger charge is 2.13. The van der Waals surface area contributed by atoms with Gasteiger partial charge in [0.05, 0.1) is 0 Å². The van der Waals surface area contributed by atoms with Crippen LogP contribution in [0.25, 0.3) is 11.1 Å². The lowest BCUT2D eigenvalue weighted by atomic mass is 10.0. The molecular weight excluding hydrogens is 344 g/mol. The van der Waals surface area contributed by atoms with E-state index in [9.17, 15) is 4.79 Å². The van der Waals surface area contributed by atoms with E-state index in [0.717, 1.165) is 22.4 Å². The lowest BCUT2D eigenvalue weighted by molar-refractivity contribution is -0.682. The van der Waals surface area contributed by atoms with Crippen LogP contribution < -0.4 is 10.6 Å². The number of hydrogen-bond acceptors (Lipinski definition) is 1. The highest BCUT2D eigenvalue weighted by molar-refractivity contribution is 6.30. The molecule has 0 radical (unpaired) electrons. The second kappa shape index (κ2) is 8.65. The van der Waals surface area contributed by atoms with Gasteiger partial charge in [0.25, 0.3) is 5.91 Å². The van der Waals surface area contributed by atoms with Gasteiger partial charge in [0.2, 0.25) is 0 Å². The summed E-state index contributed by atoms with van der Waals surface area (Å²) in [6.07, 6.45) is 0. The van der Waals surface area contributed by atoms with E-state index in [-0.39, 0.29) is 11.9 Å². The van der Waals surface area contributed by atoms with Crippen molar-refractivity contribution in [3.8, 4) is 11.1 Å². The third kappa shape index (κ3) is 4.72. The molecule has 3 nitrogen and oxygen atoms in total. The van der Waals surface area contributed by atoms with Crippen LogP contribution in [0.3, 0.4) is 0 Å². The molecule has 0 fully saturated rings. The Labute approximate surface area is 159 Å². The van der Waals surface area contributed by atoms with E-state index < -0.39 is 0 Å². The van der Waals surface area contributed by atoms with Crippen molar-refractivity contribution < 1.29 is 10.1 Å². The number of quaternary nitrogens is 1. The van der Waals surface area contributed by atoms with Crippen LogP contribution in [0.15, 0.2) is 78.9 Å². The SMILES string of the molecule is C[C@@H]([NH2+]CC(=O)Nc1ccccc1-c1ccccc1)c1cccc(Cl)c1. The van der Waals surface area contributed by atoms with Crippen molar-refractivity contribution >= 4 is 23.2 Å². The van der Waals surface area contributed by atoms with Crippen molar-refractivity contribution in [3.05, 3.63) is 89.4 Å². The lowest BCUT2D eigenvalue weighted by Crippen LogP contribution is -2.86. The first-order chi connectivity index (χ1) is 12.6. The Morgan fingerprint density at radius 1 is 1.00 bits per heavy atom. The Kier molecular flexibility index (Phi) is 6.05. The largest absolute Gasteiger partial charge is 0.333 e. The molecular formula is C22H22ClN2O+. The number of halogens is 1. The molecule has 0 heterocycles. The molecule has 0 spiro atoms. The van der Waals surface area contributed by atoms with Gasteiger partial charge < -0.3 is 10.6 Å². The quantitative estimate of drug-likeness (QED) is 0.673. The topological polar surface area (TPSA) is 45.7 Å². The first kappa shape index (κ1) is 18.2. The van der Waals surface area contributed by atoms with Gasteiger partial charge in [-0.15, -0.1) is 0 Å². The van der Waals surface area contributed by atoms with E-state index in [1.54, 1.807) is 0 Å². The number of rotatable bonds is 6. The van der Waals surface area contributed by atoms with Crippen molar-refractivity contribution in [2.45, 2.75) is 13.0 Å². The summed E-state index contributed by atoms with van der Waals surface area (Å²) in [6, 6.07) is 25.8. The molecule has 3 rings (SSSR count). The van der Waals surface area contributed by atoms with Crippen molar-refractivity contribution in [2.24, 2.45) is 0 Å². The summed E-state index contributed by atoms with van der Waals surface area (Å²) in [5.41, 5.74) is 4.03. The van der Waals surface area contributed by atoms with Gasteiger partial charge in [-0.3, -0.25) is 4.79 Å². The predicted octanol–water partition coefficient (Wildman–Crippen LogP) is 4.27. The fourth-order valence-corrected chi connectivity index (χ4v) is 3.07. The van der Waals surface area contributed by atoms with Crippen molar-refractivity contribution in [1.29, 1.82) is 0 Å². The summed E-state index contributed by atoms with van der Waals surface area (Å²) in [5, 5.41) is 5.75. The number of anilines is 1. The van der Waals surface area contributed by atoms with Gasteiger partial charge in [-0.25, -0.2) is 0 Å². The zero-order valence-electron chi connectivity index (χ0n) is 14.7. The summed E-state index contributed by atoms with van der Waals surface area (Å²) < 4.78 is 0. The second-order valence-electron chi connectivity index (χ2n) is 6.24. The molecule has 0 saturated carbocycles. The van der Waals surface area contributed by atoms with Crippen LogP contribution in [0, 0.1) is 0 Å². The van der Waals surface area contributed by atoms with Crippen LogP contribution >= 0.6 is 11.6 Å². The summed E-state index contributed by atoms with van der Waals surface area (Å²) >= 11 is 6.04. The highest BCUT2D eigenvalue weighted by Crippen LogP contribution is 2.27. The van der Waals surface area contributed by atoms with Crippen molar-refractivity contribution in [1.82, 2.24) is 0 Å². The van der Waals surface area contributed by atoms with E-state index in [0.29, 0.717) is 11.6 Å². The molecule has 4 heteroatoms. The normalized spacial score (nSPS) is 11.8. The molecule has 3 aromatic rings. The van der Waals surface area contributed by atoms with Gasteiger partial charge in [0.15, 0.2) is 6.54 Å². The maximum absolute atomic E-state index is 12.4. The summed E-state index contributed by atoms with van der Waals surface area (Å²) in [7, 11) is 0. The smallest absolute Gasteiger partial charge is 0.279 e. The van der Waals surface area contributed by atoms with Gasteiger partial charge in [-0.1, -0.05) is 72.3 Å². The Bertz CT molecular complexity index is 880. The zero-order chi connectivity index (χ0) is 18.4. The molecule has 0 aromatic heterocycles. The zero-order valence-corrected chi connectivity index (χ0v) is 15.4. The molecule has 1 atom stereocenters. The number of carbonyl (C=O) groups excluding carboxylic acids is 1.